The van der Waals surface area contributed by atoms with Crippen molar-refractivity contribution in [3.8, 4) is 0 Å². The number of anilines is 1. The molecule has 100 valence electrons. The summed E-state index contributed by atoms with van der Waals surface area (Å²) in [5.41, 5.74) is 7.88. The zero-order valence-electron chi connectivity index (χ0n) is 11.1. The van der Waals surface area contributed by atoms with Gasteiger partial charge >= 0.3 is 0 Å². The number of para-hydroxylation sites is 1. The molecule has 0 saturated heterocycles. The van der Waals surface area contributed by atoms with Gasteiger partial charge in [-0.05, 0) is 23.6 Å². The van der Waals surface area contributed by atoms with Crippen molar-refractivity contribution in [3.05, 3.63) is 53.5 Å². The lowest BCUT2D eigenvalue weighted by molar-refractivity contribution is 0.102. The number of hydrogen-bond donors (Lipinski definition) is 2. The van der Waals surface area contributed by atoms with Crippen molar-refractivity contribution in [3.63, 3.8) is 0 Å². The normalized spacial score (nSPS) is 10.7. The number of benzene rings is 1. The van der Waals surface area contributed by atoms with Crippen LogP contribution in [0.25, 0.3) is 0 Å². The largest absolute Gasteiger partial charge is 0.467 e. The Balaban J connectivity index is 2.19. The van der Waals surface area contributed by atoms with Gasteiger partial charge in [-0.15, -0.1) is 0 Å². The minimum atomic E-state index is -0.184. The van der Waals surface area contributed by atoms with Crippen LogP contribution in [0.4, 0.5) is 5.69 Å². The van der Waals surface area contributed by atoms with Gasteiger partial charge in [0.15, 0.2) is 0 Å². The van der Waals surface area contributed by atoms with Gasteiger partial charge in [0.1, 0.15) is 12.0 Å². The number of rotatable bonds is 4. The fourth-order valence-electron chi connectivity index (χ4n) is 1.92. The minimum Gasteiger partial charge on any atom is -0.467 e. The van der Waals surface area contributed by atoms with E-state index in [0.29, 0.717) is 17.2 Å². The average molecular weight is 258 g/mol. The molecule has 0 spiro atoms. The van der Waals surface area contributed by atoms with Gasteiger partial charge in [-0.3, -0.25) is 4.79 Å². The number of amides is 1. The molecule has 0 unspecified atom stereocenters. The Morgan fingerprint density at radius 2 is 2.11 bits per heavy atom. The van der Waals surface area contributed by atoms with E-state index in [1.54, 1.807) is 6.07 Å². The van der Waals surface area contributed by atoms with Gasteiger partial charge in [-0.25, -0.2) is 0 Å². The standard InChI is InChI=1S/C15H18N2O2/c1-10(2)13-5-3-4-6-14(13)17-15(18)11-7-12(8-16)19-9-11/h3-7,9-10H,8,16H2,1-2H3,(H,17,18). The SMILES string of the molecule is CC(C)c1ccccc1NC(=O)c1coc(CN)c1. The van der Waals surface area contributed by atoms with Crippen LogP contribution in [0.1, 0.15) is 41.4 Å². The van der Waals surface area contributed by atoms with Gasteiger partial charge in [0, 0.05) is 5.69 Å². The van der Waals surface area contributed by atoms with Gasteiger partial charge in [-0.1, -0.05) is 32.0 Å². The Hall–Kier alpha value is -2.07. The lowest BCUT2D eigenvalue weighted by atomic mass is 10.0. The molecule has 4 nitrogen and oxygen atoms in total. The molecule has 3 N–H and O–H groups in total. The second kappa shape index (κ2) is 5.71. The van der Waals surface area contributed by atoms with Crippen LogP contribution in [0.15, 0.2) is 41.0 Å². The fraction of sp³-hybridized carbons (Fsp3) is 0.267. The van der Waals surface area contributed by atoms with Crippen molar-refractivity contribution in [2.45, 2.75) is 26.3 Å². The maximum Gasteiger partial charge on any atom is 0.258 e. The topological polar surface area (TPSA) is 68.3 Å². The lowest BCUT2D eigenvalue weighted by Crippen LogP contribution is -2.12. The molecule has 19 heavy (non-hydrogen) atoms. The van der Waals surface area contributed by atoms with Crippen LogP contribution >= 0.6 is 0 Å². The summed E-state index contributed by atoms with van der Waals surface area (Å²) >= 11 is 0. The van der Waals surface area contributed by atoms with Gasteiger partial charge in [0.25, 0.3) is 5.91 Å². The number of nitrogens with two attached hydrogens (primary N) is 1. The summed E-state index contributed by atoms with van der Waals surface area (Å²) in [6.07, 6.45) is 1.43. The van der Waals surface area contributed by atoms with E-state index < -0.39 is 0 Å². The average Bonchev–Trinajstić information content (AvgIpc) is 2.88. The van der Waals surface area contributed by atoms with Crippen LogP contribution in [0.2, 0.25) is 0 Å². The summed E-state index contributed by atoms with van der Waals surface area (Å²) in [6.45, 7) is 4.47. The summed E-state index contributed by atoms with van der Waals surface area (Å²) < 4.78 is 5.16. The molecule has 0 bridgehead atoms. The molecule has 0 fully saturated rings. The molecule has 2 aromatic rings. The summed E-state index contributed by atoms with van der Waals surface area (Å²) in [6, 6.07) is 9.45. The Morgan fingerprint density at radius 3 is 2.74 bits per heavy atom. The van der Waals surface area contributed by atoms with Crippen LogP contribution in [0.3, 0.4) is 0 Å². The van der Waals surface area contributed by atoms with Crippen molar-refractivity contribution >= 4 is 11.6 Å². The van der Waals surface area contributed by atoms with E-state index in [-0.39, 0.29) is 12.5 Å². The molecular weight excluding hydrogens is 240 g/mol. The maximum atomic E-state index is 12.1. The van der Waals surface area contributed by atoms with Crippen LogP contribution in [-0.4, -0.2) is 5.91 Å². The van der Waals surface area contributed by atoms with Gasteiger partial charge in [0.05, 0.1) is 12.1 Å². The summed E-state index contributed by atoms with van der Waals surface area (Å²) in [5.74, 6) is 0.763. The highest BCUT2D eigenvalue weighted by Crippen LogP contribution is 2.24. The molecular formula is C15H18N2O2. The zero-order valence-corrected chi connectivity index (χ0v) is 11.1. The van der Waals surface area contributed by atoms with Crippen molar-refractivity contribution < 1.29 is 9.21 Å². The Bertz CT molecular complexity index is 573. The van der Waals surface area contributed by atoms with Crippen molar-refractivity contribution in [1.82, 2.24) is 0 Å². The molecule has 0 aliphatic carbocycles. The van der Waals surface area contributed by atoms with Crippen LogP contribution in [0, 0.1) is 0 Å². The van der Waals surface area contributed by atoms with E-state index in [1.807, 2.05) is 24.3 Å². The predicted molar refractivity (Wildman–Crippen MR) is 75.1 cm³/mol. The summed E-state index contributed by atoms with van der Waals surface area (Å²) in [4.78, 5) is 12.1. The third-order valence-corrected chi connectivity index (χ3v) is 2.95. The third kappa shape index (κ3) is 3.03. The van der Waals surface area contributed by atoms with Gasteiger partial charge < -0.3 is 15.5 Å². The molecule has 1 amide bonds. The monoisotopic (exact) mass is 258 g/mol. The van der Waals surface area contributed by atoms with E-state index in [4.69, 9.17) is 10.2 Å². The van der Waals surface area contributed by atoms with Crippen molar-refractivity contribution in [2.24, 2.45) is 5.73 Å². The number of nitrogens with one attached hydrogen (secondary N) is 1. The molecule has 1 aromatic heterocycles. The molecule has 0 atom stereocenters. The Kier molecular flexibility index (Phi) is 4.02. The molecule has 1 aromatic carbocycles. The summed E-state index contributed by atoms with van der Waals surface area (Å²) in [7, 11) is 0. The highest BCUT2D eigenvalue weighted by Gasteiger charge is 2.12. The Labute approximate surface area is 112 Å². The van der Waals surface area contributed by atoms with Gasteiger partial charge in [-0.2, -0.15) is 0 Å². The van der Waals surface area contributed by atoms with Crippen molar-refractivity contribution in [1.29, 1.82) is 0 Å². The quantitative estimate of drug-likeness (QED) is 0.885. The Morgan fingerprint density at radius 1 is 1.37 bits per heavy atom. The third-order valence-electron chi connectivity index (χ3n) is 2.95. The maximum absolute atomic E-state index is 12.1. The molecule has 2 rings (SSSR count). The first kappa shape index (κ1) is 13.4. The molecule has 1 heterocycles. The molecule has 0 aliphatic heterocycles. The first-order valence-corrected chi connectivity index (χ1v) is 6.29. The van der Waals surface area contributed by atoms with Crippen LogP contribution < -0.4 is 11.1 Å². The predicted octanol–water partition coefficient (Wildman–Crippen LogP) is 3.11. The second-order valence-corrected chi connectivity index (χ2v) is 4.70. The van der Waals surface area contributed by atoms with E-state index in [9.17, 15) is 4.79 Å². The first-order chi connectivity index (χ1) is 9.11. The van der Waals surface area contributed by atoms with E-state index in [1.165, 1.54) is 6.26 Å². The van der Waals surface area contributed by atoms with E-state index >= 15 is 0 Å². The number of carbonyl (C=O) groups is 1. The molecule has 0 saturated carbocycles. The summed E-state index contributed by atoms with van der Waals surface area (Å²) in [5, 5.41) is 2.91. The smallest absolute Gasteiger partial charge is 0.258 e. The molecule has 0 aliphatic rings. The second-order valence-electron chi connectivity index (χ2n) is 4.70. The van der Waals surface area contributed by atoms with Crippen LogP contribution in [0.5, 0.6) is 0 Å². The fourth-order valence-corrected chi connectivity index (χ4v) is 1.92. The lowest BCUT2D eigenvalue weighted by Gasteiger charge is -2.12. The highest BCUT2D eigenvalue weighted by molar-refractivity contribution is 6.04. The van der Waals surface area contributed by atoms with E-state index in [0.717, 1.165) is 11.3 Å². The molecule has 0 radical (unpaired) electrons. The van der Waals surface area contributed by atoms with E-state index in [2.05, 4.69) is 19.2 Å². The molecule has 4 heteroatoms. The number of hydrogen-bond acceptors (Lipinski definition) is 3. The van der Waals surface area contributed by atoms with Gasteiger partial charge in [0.2, 0.25) is 0 Å². The highest BCUT2D eigenvalue weighted by atomic mass is 16.3. The van der Waals surface area contributed by atoms with Crippen LogP contribution in [-0.2, 0) is 6.54 Å². The number of furan rings is 1. The number of carbonyl (C=O) groups excluding carboxylic acids is 1. The van der Waals surface area contributed by atoms with Crippen molar-refractivity contribution in [2.75, 3.05) is 5.32 Å². The zero-order chi connectivity index (χ0) is 13.8. The minimum absolute atomic E-state index is 0.184. The first-order valence-electron chi connectivity index (χ1n) is 6.29.